The molecule has 1 aromatic heterocycles. The van der Waals surface area contributed by atoms with Crippen LogP contribution in [0.25, 0.3) is 10.9 Å². The van der Waals surface area contributed by atoms with Crippen LogP contribution in [0.2, 0.25) is 0 Å². The lowest BCUT2D eigenvalue weighted by Crippen LogP contribution is -2.59. The van der Waals surface area contributed by atoms with Crippen molar-refractivity contribution in [2.75, 3.05) is 6.61 Å². The zero-order valence-electron chi connectivity index (χ0n) is 22.6. The first-order valence-corrected chi connectivity index (χ1v) is 13.2. The number of benzene rings is 2. The summed E-state index contributed by atoms with van der Waals surface area (Å²) in [5, 5.41) is 27.8. The summed E-state index contributed by atoms with van der Waals surface area (Å²) in [5.41, 5.74) is 8.02. The van der Waals surface area contributed by atoms with Crippen LogP contribution in [0.4, 0.5) is 0 Å². The van der Waals surface area contributed by atoms with Crippen LogP contribution in [-0.2, 0) is 32.0 Å². The maximum absolute atomic E-state index is 13.6. The fourth-order valence-corrected chi connectivity index (χ4v) is 4.36. The molecule has 3 rings (SSSR count). The molecular formula is C29H37N5O6. The largest absolute Gasteiger partial charge is 0.480 e. The van der Waals surface area contributed by atoms with Crippen LogP contribution in [0.1, 0.15) is 31.4 Å². The Hall–Kier alpha value is -4.22. The van der Waals surface area contributed by atoms with Crippen molar-refractivity contribution >= 4 is 34.6 Å². The minimum atomic E-state index is -1.23. The van der Waals surface area contributed by atoms with Gasteiger partial charge in [-0.25, -0.2) is 4.79 Å². The summed E-state index contributed by atoms with van der Waals surface area (Å²) < 4.78 is 0. The first-order valence-electron chi connectivity index (χ1n) is 13.2. The van der Waals surface area contributed by atoms with Crippen molar-refractivity contribution in [2.24, 2.45) is 11.7 Å². The molecule has 0 aliphatic rings. The van der Waals surface area contributed by atoms with Gasteiger partial charge in [0.05, 0.1) is 6.61 Å². The number of hydrogen-bond donors (Lipinski definition) is 7. The quantitative estimate of drug-likeness (QED) is 0.155. The molecule has 0 saturated heterocycles. The maximum atomic E-state index is 13.6. The molecule has 214 valence electrons. The molecule has 2 aromatic carbocycles. The number of para-hydroxylation sites is 1. The standard InChI is InChI=1S/C29H37N5O6/c1-3-17(2)25(28(38)33-24(29(39)40)13-18-9-5-4-6-10-18)34-27(37)23(32-26(36)21(30)16-35)14-19-15-31-22-12-8-7-11-20(19)22/h4-12,15,17,21,23-25,31,35H,3,13-14,16,30H2,1-2H3,(H,32,36)(H,33,38)(H,34,37)(H,39,40). The van der Waals surface area contributed by atoms with Crippen molar-refractivity contribution < 1.29 is 29.4 Å². The van der Waals surface area contributed by atoms with E-state index in [1.165, 1.54) is 0 Å². The number of carboxylic acid groups (broad SMARTS) is 1. The fraction of sp³-hybridized carbons (Fsp3) is 0.379. The number of hydrogen-bond acceptors (Lipinski definition) is 6. The Morgan fingerprint density at radius 2 is 1.52 bits per heavy atom. The number of aromatic nitrogens is 1. The lowest BCUT2D eigenvalue weighted by atomic mass is 9.96. The Labute approximate surface area is 232 Å². The molecule has 5 unspecified atom stereocenters. The smallest absolute Gasteiger partial charge is 0.326 e. The Morgan fingerprint density at radius 1 is 0.875 bits per heavy atom. The molecule has 1 heterocycles. The highest BCUT2D eigenvalue weighted by Gasteiger charge is 2.33. The molecule has 11 heteroatoms. The van der Waals surface area contributed by atoms with E-state index in [1.807, 2.05) is 37.3 Å². The van der Waals surface area contributed by atoms with Crippen molar-refractivity contribution in [3.8, 4) is 0 Å². The normalized spacial score (nSPS) is 14.9. The average molecular weight is 552 g/mol. The van der Waals surface area contributed by atoms with E-state index in [0.717, 1.165) is 22.0 Å². The van der Waals surface area contributed by atoms with E-state index in [1.54, 1.807) is 37.4 Å². The first kappa shape index (κ1) is 30.3. The molecule has 3 aromatic rings. The third-order valence-corrected chi connectivity index (χ3v) is 6.96. The summed E-state index contributed by atoms with van der Waals surface area (Å²) in [6.07, 6.45) is 2.41. The molecule has 0 aliphatic carbocycles. The minimum Gasteiger partial charge on any atom is -0.480 e. The van der Waals surface area contributed by atoms with Crippen LogP contribution in [0.5, 0.6) is 0 Å². The third-order valence-electron chi connectivity index (χ3n) is 6.96. The zero-order chi connectivity index (χ0) is 29.2. The molecule has 0 bridgehead atoms. The monoisotopic (exact) mass is 551 g/mol. The summed E-state index contributed by atoms with van der Waals surface area (Å²) >= 11 is 0. The van der Waals surface area contributed by atoms with Crippen LogP contribution < -0.4 is 21.7 Å². The second-order valence-electron chi connectivity index (χ2n) is 9.87. The van der Waals surface area contributed by atoms with E-state index in [4.69, 9.17) is 5.73 Å². The van der Waals surface area contributed by atoms with Crippen molar-refractivity contribution in [1.82, 2.24) is 20.9 Å². The topological polar surface area (TPSA) is 187 Å². The number of fused-ring (bicyclic) bond motifs is 1. The molecule has 0 spiro atoms. The summed E-state index contributed by atoms with van der Waals surface area (Å²) in [5.74, 6) is -3.55. The SMILES string of the molecule is CCC(C)C(NC(=O)C(Cc1c[nH]c2ccccc12)NC(=O)C(N)CO)C(=O)NC(Cc1ccccc1)C(=O)O. The van der Waals surface area contributed by atoms with Crippen LogP contribution in [-0.4, -0.2) is 69.7 Å². The van der Waals surface area contributed by atoms with Gasteiger partial charge in [0.1, 0.15) is 24.2 Å². The first-order chi connectivity index (χ1) is 19.1. The predicted molar refractivity (Wildman–Crippen MR) is 150 cm³/mol. The van der Waals surface area contributed by atoms with Crippen LogP contribution in [0.15, 0.2) is 60.8 Å². The predicted octanol–water partition coefficient (Wildman–Crippen LogP) is 0.858. The van der Waals surface area contributed by atoms with Gasteiger partial charge in [0.2, 0.25) is 17.7 Å². The number of nitrogens with one attached hydrogen (secondary N) is 4. The molecule has 5 atom stereocenters. The molecule has 0 saturated carbocycles. The van der Waals surface area contributed by atoms with Gasteiger partial charge in [0, 0.05) is 29.9 Å². The lowest BCUT2D eigenvalue weighted by molar-refractivity contribution is -0.142. The van der Waals surface area contributed by atoms with E-state index in [-0.39, 0.29) is 18.8 Å². The highest BCUT2D eigenvalue weighted by molar-refractivity contribution is 5.95. The van der Waals surface area contributed by atoms with Gasteiger partial charge < -0.3 is 36.9 Å². The van der Waals surface area contributed by atoms with Crippen molar-refractivity contribution in [2.45, 2.75) is 57.3 Å². The van der Waals surface area contributed by atoms with Gasteiger partial charge in [-0.05, 0) is 23.1 Å². The number of rotatable bonds is 14. The molecule has 8 N–H and O–H groups in total. The summed E-state index contributed by atoms with van der Waals surface area (Å²) in [6, 6.07) is 11.8. The molecule has 0 aliphatic heterocycles. The van der Waals surface area contributed by atoms with Gasteiger partial charge in [-0.3, -0.25) is 14.4 Å². The van der Waals surface area contributed by atoms with Gasteiger partial charge in [-0.2, -0.15) is 0 Å². The van der Waals surface area contributed by atoms with Gasteiger partial charge in [-0.15, -0.1) is 0 Å². The number of H-pyrrole nitrogens is 1. The van der Waals surface area contributed by atoms with E-state index in [2.05, 4.69) is 20.9 Å². The number of aliphatic hydroxyl groups is 1. The number of carbonyl (C=O) groups excluding carboxylic acids is 3. The minimum absolute atomic E-state index is 0.0708. The van der Waals surface area contributed by atoms with E-state index in [9.17, 15) is 29.4 Å². The van der Waals surface area contributed by atoms with E-state index in [0.29, 0.717) is 6.42 Å². The van der Waals surface area contributed by atoms with Crippen LogP contribution >= 0.6 is 0 Å². The van der Waals surface area contributed by atoms with Gasteiger partial charge >= 0.3 is 5.97 Å². The van der Waals surface area contributed by atoms with Gasteiger partial charge in [-0.1, -0.05) is 68.8 Å². The average Bonchev–Trinajstić information content (AvgIpc) is 3.37. The lowest BCUT2D eigenvalue weighted by Gasteiger charge is -2.28. The number of aliphatic carboxylic acids is 1. The summed E-state index contributed by atoms with van der Waals surface area (Å²) in [7, 11) is 0. The van der Waals surface area contributed by atoms with Crippen molar-refractivity contribution in [3.05, 3.63) is 71.9 Å². The highest BCUT2D eigenvalue weighted by Crippen LogP contribution is 2.20. The van der Waals surface area contributed by atoms with Gasteiger partial charge in [0.15, 0.2) is 0 Å². The van der Waals surface area contributed by atoms with Gasteiger partial charge in [0.25, 0.3) is 0 Å². The maximum Gasteiger partial charge on any atom is 0.326 e. The highest BCUT2D eigenvalue weighted by atomic mass is 16.4. The second-order valence-corrected chi connectivity index (χ2v) is 9.87. The summed E-state index contributed by atoms with van der Waals surface area (Å²) in [4.78, 5) is 54.5. The number of carbonyl (C=O) groups is 4. The molecule has 40 heavy (non-hydrogen) atoms. The van der Waals surface area contributed by atoms with E-state index < -0.39 is 54.5 Å². The Kier molecular flexibility index (Phi) is 10.8. The number of nitrogens with two attached hydrogens (primary N) is 1. The number of aromatic amines is 1. The molecule has 11 nitrogen and oxygen atoms in total. The molecule has 0 radical (unpaired) electrons. The molecule has 3 amide bonds. The third kappa shape index (κ3) is 7.90. The molecule has 0 fully saturated rings. The van der Waals surface area contributed by atoms with Crippen LogP contribution in [0, 0.1) is 5.92 Å². The van der Waals surface area contributed by atoms with E-state index >= 15 is 0 Å². The Morgan fingerprint density at radius 3 is 2.17 bits per heavy atom. The second kappa shape index (κ2) is 14.2. The Bertz CT molecular complexity index is 1310. The van der Waals surface area contributed by atoms with Crippen molar-refractivity contribution in [1.29, 1.82) is 0 Å². The number of amides is 3. The van der Waals surface area contributed by atoms with Crippen molar-refractivity contribution in [3.63, 3.8) is 0 Å². The summed E-state index contributed by atoms with van der Waals surface area (Å²) in [6.45, 7) is 3.01. The number of carboxylic acids is 1. The Balaban J connectivity index is 1.82. The molecular weight excluding hydrogens is 514 g/mol. The number of aliphatic hydroxyl groups excluding tert-OH is 1. The van der Waals surface area contributed by atoms with Crippen LogP contribution in [0.3, 0.4) is 0 Å². The fourth-order valence-electron chi connectivity index (χ4n) is 4.36. The zero-order valence-corrected chi connectivity index (χ0v) is 22.6.